The molecule has 1 aromatic carbocycles. The quantitative estimate of drug-likeness (QED) is 0.452. The molecule has 1 unspecified atom stereocenters. The molecule has 9 nitrogen and oxygen atoms in total. The smallest absolute Gasteiger partial charge is 0.255 e. The fraction of sp³-hybridized carbons (Fsp3) is 0.360. The van der Waals surface area contributed by atoms with Crippen molar-refractivity contribution in [2.75, 3.05) is 38.9 Å². The predicted molar refractivity (Wildman–Crippen MR) is 132 cm³/mol. The first-order valence-corrected chi connectivity index (χ1v) is 11.8. The van der Waals surface area contributed by atoms with Gasteiger partial charge in [-0.05, 0) is 25.1 Å². The van der Waals surface area contributed by atoms with Crippen molar-refractivity contribution in [3.8, 4) is 22.8 Å². The van der Waals surface area contributed by atoms with Crippen molar-refractivity contribution in [1.29, 1.82) is 0 Å². The lowest BCUT2D eigenvalue weighted by atomic mass is 10.0. The number of halogens is 1. The predicted octanol–water partition coefficient (Wildman–Crippen LogP) is 3.95. The molecule has 3 aromatic rings. The molecule has 0 spiro atoms. The van der Waals surface area contributed by atoms with Crippen LogP contribution >= 0.6 is 11.6 Å². The summed E-state index contributed by atoms with van der Waals surface area (Å²) in [5.74, 6) is 0.893. The van der Waals surface area contributed by atoms with E-state index in [1.54, 1.807) is 25.6 Å². The molecule has 0 radical (unpaired) electrons. The number of hydrogen-bond donors (Lipinski definition) is 3. The molecule has 35 heavy (non-hydrogen) atoms. The van der Waals surface area contributed by atoms with Crippen LogP contribution in [0, 0.1) is 0 Å². The number of aromatic amines is 1. The summed E-state index contributed by atoms with van der Waals surface area (Å²) >= 11 is 6.36. The average molecular weight is 499 g/mol. The zero-order chi connectivity index (χ0) is 24.4. The van der Waals surface area contributed by atoms with Crippen LogP contribution in [0.4, 0.5) is 11.4 Å². The van der Waals surface area contributed by atoms with Gasteiger partial charge >= 0.3 is 0 Å². The lowest BCUT2D eigenvalue weighted by molar-refractivity contribution is -0.101. The number of hydrogen-bond acceptors (Lipinski definition) is 7. The standard InChI is InChI=1S/C25H27ClN4O5/c1-14-10-19-21(25(31)28-14)23(29-18-5-3-4-17(26)24(18)32-2)22(30-19)16-6-7-27-11-20(16)35-13-15-12-33-8-9-34-15/h3-7,11,14-15,29-30H,8-10,12-13H2,1-2H3,(H,28,31)/t14-,15?/m1/s1. The van der Waals surface area contributed by atoms with Crippen molar-refractivity contribution in [3.63, 3.8) is 0 Å². The Morgan fingerprint density at radius 1 is 1.29 bits per heavy atom. The number of methoxy groups -OCH3 is 1. The molecule has 0 saturated carbocycles. The second-order valence-electron chi connectivity index (χ2n) is 8.50. The molecule has 184 valence electrons. The molecule has 0 bridgehead atoms. The number of aromatic nitrogens is 2. The van der Waals surface area contributed by atoms with Gasteiger partial charge in [0.1, 0.15) is 18.5 Å². The Bertz CT molecular complexity index is 1220. The highest BCUT2D eigenvalue weighted by molar-refractivity contribution is 6.32. The maximum atomic E-state index is 13.1. The van der Waals surface area contributed by atoms with Gasteiger partial charge in [-0.15, -0.1) is 0 Å². The Kier molecular flexibility index (Phi) is 6.81. The molecule has 1 saturated heterocycles. The number of para-hydroxylation sites is 1. The Labute approximate surface area is 208 Å². The summed E-state index contributed by atoms with van der Waals surface area (Å²) in [6.45, 7) is 3.90. The van der Waals surface area contributed by atoms with Gasteiger partial charge in [0.05, 0.1) is 60.8 Å². The van der Waals surface area contributed by atoms with E-state index in [-0.39, 0.29) is 18.1 Å². The van der Waals surface area contributed by atoms with Crippen LogP contribution in [-0.2, 0) is 15.9 Å². The third-order valence-corrected chi connectivity index (χ3v) is 6.28. The molecule has 2 aromatic heterocycles. The molecule has 0 aliphatic carbocycles. The number of ether oxygens (including phenoxy) is 4. The van der Waals surface area contributed by atoms with Gasteiger partial charge < -0.3 is 34.6 Å². The van der Waals surface area contributed by atoms with Crippen LogP contribution in [0.2, 0.25) is 5.02 Å². The van der Waals surface area contributed by atoms with Crippen LogP contribution < -0.4 is 20.1 Å². The molecule has 4 heterocycles. The van der Waals surface area contributed by atoms with Gasteiger partial charge in [-0.2, -0.15) is 0 Å². The molecular formula is C25H27ClN4O5. The Balaban J connectivity index is 1.57. The van der Waals surface area contributed by atoms with Gasteiger partial charge in [-0.25, -0.2) is 0 Å². The number of carbonyl (C=O) groups excluding carboxylic acids is 1. The zero-order valence-electron chi connectivity index (χ0n) is 19.5. The third kappa shape index (κ3) is 4.80. The first kappa shape index (κ1) is 23.5. The van der Waals surface area contributed by atoms with Gasteiger partial charge in [-0.1, -0.05) is 17.7 Å². The fourth-order valence-electron chi connectivity index (χ4n) is 4.40. The normalized spacial score (nSPS) is 19.6. The lowest BCUT2D eigenvalue weighted by Gasteiger charge is -2.23. The first-order valence-electron chi connectivity index (χ1n) is 11.5. The van der Waals surface area contributed by atoms with E-state index in [4.69, 9.17) is 30.5 Å². The summed E-state index contributed by atoms with van der Waals surface area (Å²) in [6, 6.07) is 7.28. The topological polar surface area (TPSA) is 107 Å². The van der Waals surface area contributed by atoms with Gasteiger partial charge in [0, 0.05) is 29.9 Å². The van der Waals surface area contributed by atoms with Crippen molar-refractivity contribution in [3.05, 3.63) is 52.9 Å². The van der Waals surface area contributed by atoms with Crippen LogP contribution in [0.3, 0.4) is 0 Å². The summed E-state index contributed by atoms with van der Waals surface area (Å²) in [5.41, 5.74) is 4.10. The van der Waals surface area contributed by atoms with E-state index in [1.165, 1.54) is 0 Å². The van der Waals surface area contributed by atoms with Gasteiger partial charge in [0.2, 0.25) is 0 Å². The minimum atomic E-state index is -0.159. The van der Waals surface area contributed by atoms with E-state index in [0.29, 0.717) is 72.0 Å². The minimum absolute atomic E-state index is 0.00617. The highest BCUT2D eigenvalue weighted by atomic mass is 35.5. The van der Waals surface area contributed by atoms with Crippen LogP contribution in [-0.4, -0.2) is 61.6 Å². The number of rotatable bonds is 7. The number of amides is 1. The molecule has 2 atom stereocenters. The summed E-state index contributed by atoms with van der Waals surface area (Å²) in [5, 5.41) is 6.88. The lowest BCUT2D eigenvalue weighted by Crippen LogP contribution is -2.39. The van der Waals surface area contributed by atoms with Crippen LogP contribution in [0.1, 0.15) is 23.0 Å². The summed E-state index contributed by atoms with van der Waals surface area (Å²) in [7, 11) is 1.56. The molecule has 10 heteroatoms. The number of benzene rings is 1. The third-order valence-electron chi connectivity index (χ3n) is 5.99. The van der Waals surface area contributed by atoms with Crippen LogP contribution in [0.5, 0.6) is 11.5 Å². The number of anilines is 2. The number of pyridine rings is 1. The van der Waals surface area contributed by atoms with Crippen molar-refractivity contribution in [2.45, 2.75) is 25.5 Å². The number of H-pyrrole nitrogens is 1. The van der Waals surface area contributed by atoms with Crippen LogP contribution in [0.25, 0.3) is 11.3 Å². The second-order valence-corrected chi connectivity index (χ2v) is 8.91. The fourth-order valence-corrected chi connectivity index (χ4v) is 4.65. The first-order chi connectivity index (χ1) is 17.0. The second kappa shape index (κ2) is 10.2. The highest BCUT2D eigenvalue weighted by Gasteiger charge is 2.31. The number of carbonyl (C=O) groups is 1. The Morgan fingerprint density at radius 3 is 2.97 bits per heavy atom. The van der Waals surface area contributed by atoms with Crippen molar-refractivity contribution in [2.24, 2.45) is 0 Å². The summed E-state index contributed by atoms with van der Waals surface area (Å²) < 4.78 is 22.8. The van der Waals surface area contributed by atoms with E-state index in [9.17, 15) is 4.79 Å². The summed E-state index contributed by atoms with van der Waals surface area (Å²) in [4.78, 5) is 20.8. The van der Waals surface area contributed by atoms with Crippen molar-refractivity contribution in [1.82, 2.24) is 15.3 Å². The van der Waals surface area contributed by atoms with Gasteiger partial charge in [0.25, 0.3) is 5.91 Å². The van der Waals surface area contributed by atoms with E-state index >= 15 is 0 Å². The molecule has 1 amide bonds. The number of nitrogens with one attached hydrogen (secondary N) is 3. The largest absolute Gasteiger partial charge is 0.493 e. The van der Waals surface area contributed by atoms with E-state index in [1.807, 2.05) is 25.1 Å². The average Bonchev–Trinajstić information content (AvgIpc) is 3.21. The van der Waals surface area contributed by atoms with Crippen molar-refractivity contribution >= 4 is 28.9 Å². The van der Waals surface area contributed by atoms with Crippen LogP contribution in [0.15, 0.2) is 36.7 Å². The highest BCUT2D eigenvalue weighted by Crippen LogP contribution is 2.43. The Hall–Kier alpha value is -3.27. The monoisotopic (exact) mass is 498 g/mol. The van der Waals surface area contributed by atoms with E-state index < -0.39 is 0 Å². The number of fused-ring (bicyclic) bond motifs is 1. The molecule has 5 rings (SSSR count). The van der Waals surface area contributed by atoms with E-state index in [2.05, 4.69) is 20.6 Å². The maximum Gasteiger partial charge on any atom is 0.255 e. The molecule has 1 fully saturated rings. The zero-order valence-corrected chi connectivity index (χ0v) is 20.3. The van der Waals surface area contributed by atoms with Gasteiger partial charge in [-0.3, -0.25) is 9.78 Å². The van der Waals surface area contributed by atoms with E-state index in [0.717, 1.165) is 11.3 Å². The molecule has 2 aliphatic heterocycles. The minimum Gasteiger partial charge on any atom is -0.493 e. The molecular weight excluding hydrogens is 472 g/mol. The molecule has 2 aliphatic rings. The number of nitrogens with zero attached hydrogens (tertiary/aromatic N) is 1. The summed E-state index contributed by atoms with van der Waals surface area (Å²) in [6.07, 6.45) is 3.85. The van der Waals surface area contributed by atoms with Gasteiger partial charge in [0.15, 0.2) is 5.75 Å². The Morgan fingerprint density at radius 2 is 2.17 bits per heavy atom. The SMILES string of the molecule is COc1c(Cl)cccc1Nc1c(-c2ccncc2OCC2COCCO2)[nH]c2c1C(=O)N[C@H](C)C2. The molecule has 3 N–H and O–H groups in total. The maximum absolute atomic E-state index is 13.1. The van der Waals surface area contributed by atoms with Crippen molar-refractivity contribution < 1.29 is 23.7 Å².